The van der Waals surface area contributed by atoms with Crippen molar-refractivity contribution in [3.05, 3.63) is 53.1 Å². The molecule has 2 heterocycles. The van der Waals surface area contributed by atoms with Crippen LogP contribution in [0.1, 0.15) is 30.1 Å². The van der Waals surface area contributed by atoms with E-state index < -0.39 is 5.66 Å². The van der Waals surface area contributed by atoms with Gasteiger partial charge in [-0.1, -0.05) is 11.6 Å². The van der Waals surface area contributed by atoms with Crippen molar-refractivity contribution in [3.8, 4) is 5.75 Å². The van der Waals surface area contributed by atoms with Crippen molar-refractivity contribution in [2.24, 2.45) is 0 Å². The molecule has 2 aliphatic rings. The van der Waals surface area contributed by atoms with Gasteiger partial charge in [0.1, 0.15) is 11.4 Å². The van der Waals surface area contributed by atoms with E-state index in [-0.39, 0.29) is 11.9 Å². The third-order valence-electron chi connectivity index (χ3n) is 5.85. The minimum Gasteiger partial charge on any atom is -0.494 e. The Kier molecular flexibility index (Phi) is 5.47. The summed E-state index contributed by atoms with van der Waals surface area (Å²) in [7, 11) is 1.96. The molecule has 4 rings (SSSR count). The summed E-state index contributed by atoms with van der Waals surface area (Å²) in [5.74, 6) is 0.666. The van der Waals surface area contributed by atoms with E-state index in [2.05, 4.69) is 15.5 Å². The molecule has 8 heteroatoms. The Hall–Kier alpha value is -2.93. The summed E-state index contributed by atoms with van der Waals surface area (Å²) < 4.78 is 5.43. The topological polar surface area (TPSA) is 73.9 Å². The number of carbonyl (C=O) groups is 2. The fraction of sp³-hybridized carbons (Fsp3) is 0.364. The molecular weight excluding hydrogens is 404 g/mol. The van der Waals surface area contributed by atoms with Crippen LogP contribution in [0.15, 0.2) is 42.5 Å². The molecule has 1 saturated heterocycles. The zero-order valence-electron chi connectivity index (χ0n) is 17.1. The molecule has 0 radical (unpaired) electrons. The van der Waals surface area contributed by atoms with E-state index in [0.29, 0.717) is 43.1 Å². The van der Waals surface area contributed by atoms with Gasteiger partial charge in [-0.25, -0.2) is 4.79 Å². The lowest BCUT2D eigenvalue weighted by Crippen LogP contribution is -2.67. The van der Waals surface area contributed by atoms with Crippen LogP contribution in [0.25, 0.3) is 0 Å². The Bertz CT molecular complexity index is 955. The molecule has 0 saturated carbocycles. The Morgan fingerprint density at radius 1 is 1.20 bits per heavy atom. The standard InChI is InChI=1S/C22H25ClN4O3/c1-3-30-17-7-5-16(6-8-17)24-21(29)27-12-10-22(11-13-27)25-20(28)18-9-4-15(23)14-19(18)26(22)2/h4-9,14H,3,10-13H2,1-2H3,(H,24,29)(H,25,28). The highest BCUT2D eigenvalue weighted by molar-refractivity contribution is 6.31. The van der Waals surface area contributed by atoms with Crippen molar-refractivity contribution < 1.29 is 14.3 Å². The number of nitrogens with one attached hydrogen (secondary N) is 2. The lowest BCUT2D eigenvalue weighted by atomic mass is 9.90. The molecule has 1 fully saturated rings. The zero-order valence-corrected chi connectivity index (χ0v) is 17.8. The average Bonchev–Trinajstić information content (AvgIpc) is 2.74. The first kappa shape index (κ1) is 20.3. The molecule has 3 amide bonds. The van der Waals surface area contributed by atoms with Crippen LogP contribution < -0.4 is 20.3 Å². The van der Waals surface area contributed by atoms with Crippen LogP contribution >= 0.6 is 11.6 Å². The van der Waals surface area contributed by atoms with Crippen molar-refractivity contribution in [2.45, 2.75) is 25.4 Å². The van der Waals surface area contributed by atoms with Crippen LogP contribution in [0.4, 0.5) is 16.2 Å². The first-order chi connectivity index (χ1) is 14.4. The highest BCUT2D eigenvalue weighted by Gasteiger charge is 2.44. The fourth-order valence-electron chi connectivity index (χ4n) is 4.11. The quantitative estimate of drug-likeness (QED) is 0.776. The molecule has 1 spiro atoms. The number of benzene rings is 2. The van der Waals surface area contributed by atoms with E-state index >= 15 is 0 Å². The molecule has 2 aliphatic heterocycles. The summed E-state index contributed by atoms with van der Waals surface area (Å²) in [6.07, 6.45) is 1.25. The van der Waals surface area contributed by atoms with E-state index in [1.165, 1.54) is 0 Å². The number of piperidine rings is 1. The van der Waals surface area contributed by atoms with Crippen LogP contribution in [-0.4, -0.2) is 49.2 Å². The Morgan fingerprint density at radius 3 is 2.57 bits per heavy atom. The highest BCUT2D eigenvalue weighted by atomic mass is 35.5. The molecule has 0 unspecified atom stereocenters. The molecule has 0 aromatic heterocycles. The monoisotopic (exact) mass is 428 g/mol. The van der Waals surface area contributed by atoms with Gasteiger partial charge in [0.2, 0.25) is 0 Å². The van der Waals surface area contributed by atoms with Crippen molar-refractivity contribution in [1.29, 1.82) is 0 Å². The summed E-state index contributed by atoms with van der Waals surface area (Å²) >= 11 is 6.16. The SMILES string of the molecule is CCOc1ccc(NC(=O)N2CCC3(CC2)NC(=O)c2ccc(Cl)cc2N3C)cc1. The summed E-state index contributed by atoms with van der Waals surface area (Å²) in [4.78, 5) is 29.2. The number of anilines is 2. The second-order valence-corrected chi connectivity index (χ2v) is 8.02. The third-order valence-corrected chi connectivity index (χ3v) is 6.08. The lowest BCUT2D eigenvalue weighted by molar-refractivity contribution is 0.0815. The van der Waals surface area contributed by atoms with E-state index in [1.807, 2.05) is 44.3 Å². The Balaban J connectivity index is 1.42. The van der Waals surface area contributed by atoms with Crippen LogP contribution in [0.3, 0.4) is 0 Å². The molecule has 0 bridgehead atoms. The number of hydrogen-bond acceptors (Lipinski definition) is 4. The van der Waals surface area contributed by atoms with Gasteiger partial charge in [-0.05, 0) is 49.4 Å². The second-order valence-electron chi connectivity index (χ2n) is 7.58. The van der Waals surface area contributed by atoms with Crippen molar-refractivity contribution in [2.75, 3.05) is 37.0 Å². The van der Waals surface area contributed by atoms with E-state index in [4.69, 9.17) is 16.3 Å². The molecule has 2 N–H and O–H groups in total. The largest absolute Gasteiger partial charge is 0.494 e. The maximum absolute atomic E-state index is 12.7. The zero-order chi connectivity index (χ0) is 21.3. The van der Waals surface area contributed by atoms with Gasteiger partial charge in [0.25, 0.3) is 5.91 Å². The van der Waals surface area contributed by atoms with Gasteiger partial charge in [0.05, 0.1) is 17.9 Å². The van der Waals surface area contributed by atoms with Gasteiger partial charge in [-0.15, -0.1) is 0 Å². The number of carbonyl (C=O) groups excluding carboxylic acids is 2. The molecule has 7 nitrogen and oxygen atoms in total. The molecular formula is C22H25ClN4O3. The first-order valence-corrected chi connectivity index (χ1v) is 10.4. The molecule has 2 aromatic carbocycles. The number of halogens is 1. The van der Waals surface area contributed by atoms with E-state index in [9.17, 15) is 9.59 Å². The van der Waals surface area contributed by atoms with Crippen LogP contribution in [0.2, 0.25) is 5.02 Å². The van der Waals surface area contributed by atoms with Crippen LogP contribution in [-0.2, 0) is 0 Å². The molecule has 0 atom stereocenters. The smallest absolute Gasteiger partial charge is 0.321 e. The molecule has 158 valence electrons. The number of nitrogens with zero attached hydrogens (tertiary/aromatic N) is 2. The summed E-state index contributed by atoms with van der Waals surface area (Å²) in [5.41, 5.74) is 1.63. The molecule has 30 heavy (non-hydrogen) atoms. The van der Waals surface area contributed by atoms with Gasteiger partial charge < -0.3 is 25.2 Å². The summed E-state index contributed by atoms with van der Waals surface area (Å²) in [6.45, 7) is 3.59. The average molecular weight is 429 g/mol. The van der Waals surface area contributed by atoms with Crippen LogP contribution in [0.5, 0.6) is 5.75 Å². The highest BCUT2D eigenvalue weighted by Crippen LogP contribution is 2.37. The van der Waals surface area contributed by atoms with Crippen molar-refractivity contribution in [3.63, 3.8) is 0 Å². The van der Waals surface area contributed by atoms with E-state index in [0.717, 1.165) is 17.1 Å². The number of urea groups is 1. The number of likely N-dealkylation sites (tertiary alicyclic amines) is 1. The van der Waals surface area contributed by atoms with E-state index in [1.54, 1.807) is 17.0 Å². The van der Waals surface area contributed by atoms with Gasteiger partial charge in [-0.3, -0.25) is 4.79 Å². The first-order valence-electron chi connectivity index (χ1n) is 10.1. The number of amides is 3. The van der Waals surface area contributed by atoms with Gasteiger partial charge in [0, 0.05) is 43.7 Å². The summed E-state index contributed by atoms with van der Waals surface area (Å²) in [6, 6.07) is 12.5. The number of fused-ring (bicyclic) bond motifs is 1. The number of rotatable bonds is 3. The van der Waals surface area contributed by atoms with Gasteiger partial charge in [-0.2, -0.15) is 0 Å². The Labute approximate surface area is 180 Å². The summed E-state index contributed by atoms with van der Waals surface area (Å²) in [5, 5.41) is 6.68. The fourth-order valence-corrected chi connectivity index (χ4v) is 4.28. The van der Waals surface area contributed by atoms with Crippen molar-refractivity contribution >= 4 is 34.9 Å². The Morgan fingerprint density at radius 2 is 1.90 bits per heavy atom. The maximum atomic E-state index is 12.7. The minimum absolute atomic E-state index is 0.105. The molecule has 0 aliphatic carbocycles. The minimum atomic E-state index is -0.523. The van der Waals surface area contributed by atoms with Gasteiger partial charge >= 0.3 is 6.03 Å². The predicted molar refractivity (Wildman–Crippen MR) is 117 cm³/mol. The number of ether oxygens (including phenoxy) is 1. The lowest BCUT2D eigenvalue weighted by Gasteiger charge is -2.51. The maximum Gasteiger partial charge on any atom is 0.321 e. The van der Waals surface area contributed by atoms with Crippen LogP contribution in [0, 0.1) is 0 Å². The van der Waals surface area contributed by atoms with Gasteiger partial charge in [0.15, 0.2) is 0 Å². The number of hydrogen-bond donors (Lipinski definition) is 2. The third kappa shape index (κ3) is 3.77. The normalized spacial score (nSPS) is 17.4. The second kappa shape index (κ2) is 8.07. The molecule has 2 aromatic rings. The van der Waals surface area contributed by atoms with Crippen molar-refractivity contribution in [1.82, 2.24) is 10.2 Å². The predicted octanol–water partition coefficient (Wildman–Crippen LogP) is 3.94.